The molecular weight excluding hydrogens is 252 g/mol. The predicted octanol–water partition coefficient (Wildman–Crippen LogP) is 2.71. The summed E-state index contributed by atoms with van der Waals surface area (Å²) in [5, 5.41) is 3.71. The molecular formula is C15H14N4O. The van der Waals surface area contributed by atoms with Crippen LogP contribution in [0.3, 0.4) is 0 Å². The lowest BCUT2D eigenvalue weighted by Crippen LogP contribution is -2.11. The molecule has 5 heteroatoms. The summed E-state index contributed by atoms with van der Waals surface area (Å²) in [6.45, 7) is 1.88. The summed E-state index contributed by atoms with van der Waals surface area (Å²) in [7, 11) is 0. The summed E-state index contributed by atoms with van der Waals surface area (Å²) >= 11 is 0. The van der Waals surface area contributed by atoms with Crippen molar-refractivity contribution < 1.29 is 4.79 Å². The van der Waals surface area contributed by atoms with E-state index in [2.05, 4.69) is 15.3 Å². The standard InChI is InChI=1S/C15H14N4O/c1-9-6-11(4-5-17-9)19-15(20)13-8-18-14-7-10(16)2-3-12(13)14/h2-8,18H,16H2,1H3,(H,17,19,20). The lowest BCUT2D eigenvalue weighted by atomic mass is 10.1. The summed E-state index contributed by atoms with van der Waals surface area (Å²) in [6.07, 6.45) is 3.36. The van der Waals surface area contributed by atoms with Gasteiger partial charge >= 0.3 is 0 Å². The normalized spacial score (nSPS) is 10.7. The molecule has 0 bridgehead atoms. The minimum atomic E-state index is -0.161. The van der Waals surface area contributed by atoms with Crippen molar-refractivity contribution in [2.24, 2.45) is 0 Å². The first-order valence-corrected chi connectivity index (χ1v) is 6.24. The number of aromatic nitrogens is 2. The van der Waals surface area contributed by atoms with Crippen LogP contribution in [0.5, 0.6) is 0 Å². The zero-order valence-corrected chi connectivity index (χ0v) is 11.0. The summed E-state index contributed by atoms with van der Waals surface area (Å²) < 4.78 is 0. The van der Waals surface area contributed by atoms with Gasteiger partial charge in [0.2, 0.25) is 0 Å². The Bertz CT molecular complexity index is 791. The van der Waals surface area contributed by atoms with Crippen LogP contribution in [-0.4, -0.2) is 15.9 Å². The fraction of sp³-hybridized carbons (Fsp3) is 0.0667. The molecule has 4 N–H and O–H groups in total. The quantitative estimate of drug-likeness (QED) is 0.623. The van der Waals surface area contributed by atoms with Crippen LogP contribution >= 0.6 is 0 Å². The molecule has 0 spiro atoms. The maximum absolute atomic E-state index is 12.3. The van der Waals surface area contributed by atoms with E-state index in [1.54, 1.807) is 24.5 Å². The van der Waals surface area contributed by atoms with Gasteiger partial charge in [0.05, 0.1) is 5.56 Å². The number of H-pyrrole nitrogens is 1. The first kappa shape index (κ1) is 12.2. The highest BCUT2D eigenvalue weighted by Gasteiger charge is 2.12. The van der Waals surface area contributed by atoms with Gasteiger partial charge in [0, 0.05) is 40.4 Å². The number of amides is 1. The van der Waals surface area contributed by atoms with Gasteiger partial charge in [0.15, 0.2) is 0 Å². The molecule has 3 rings (SSSR count). The Hall–Kier alpha value is -2.82. The van der Waals surface area contributed by atoms with Crippen molar-refractivity contribution in [2.75, 3.05) is 11.1 Å². The van der Waals surface area contributed by atoms with Crippen LogP contribution in [0.25, 0.3) is 10.9 Å². The van der Waals surface area contributed by atoms with Crippen LogP contribution in [0.1, 0.15) is 16.1 Å². The van der Waals surface area contributed by atoms with Gasteiger partial charge in [0.1, 0.15) is 0 Å². The van der Waals surface area contributed by atoms with Crippen molar-refractivity contribution in [3.8, 4) is 0 Å². The molecule has 0 atom stereocenters. The number of hydrogen-bond acceptors (Lipinski definition) is 3. The summed E-state index contributed by atoms with van der Waals surface area (Å²) in [4.78, 5) is 19.5. The third-order valence-electron chi connectivity index (χ3n) is 3.10. The van der Waals surface area contributed by atoms with E-state index in [0.717, 1.165) is 22.3 Å². The number of pyridine rings is 1. The number of carbonyl (C=O) groups excluding carboxylic acids is 1. The summed E-state index contributed by atoms with van der Waals surface area (Å²) in [5.41, 5.74) is 9.41. The maximum Gasteiger partial charge on any atom is 0.257 e. The number of aryl methyl sites for hydroxylation is 1. The molecule has 0 radical (unpaired) electrons. The van der Waals surface area contributed by atoms with Gasteiger partial charge in [0.25, 0.3) is 5.91 Å². The number of anilines is 2. The lowest BCUT2D eigenvalue weighted by Gasteiger charge is -2.04. The molecule has 2 aromatic heterocycles. The number of carbonyl (C=O) groups is 1. The zero-order valence-electron chi connectivity index (χ0n) is 11.0. The Morgan fingerprint density at radius 3 is 2.95 bits per heavy atom. The van der Waals surface area contributed by atoms with Crippen LogP contribution in [0.4, 0.5) is 11.4 Å². The number of fused-ring (bicyclic) bond motifs is 1. The van der Waals surface area contributed by atoms with Gasteiger partial charge in [-0.05, 0) is 37.3 Å². The number of nitrogen functional groups attached to an aromatic ring is 1. The fourth-order valence-corrected chi connectivity index (χ4v) is 2.15. The molecule has 3 aromatic rings. The van der Waals surface area contributed by atoms with Crippen LogP contribution in [0, 0.1) is 6.92 Å². The number of nitrogens with one attached hydrogen (secondary N) is 2. The van der Waals surface area contributed by atoms with Crippen LogP contribution in [0.15, 0.2) is 42.7 Å². The number of rotatable bonds is 2. The molecule has 5 nitrogen and oxygen atoms in total. The van der Waals surface area contributed by atoms with Gasteiger partial charge < -0.3 is 16.0 Å². The number of benzene rings is 1. The predicted molar refractivity (Wildman–Crippen MR) is 79.6 cm³/mol. The molecule has 0 saturated heterocycles. The Morgan fingerprint density at radius 1 is 1.30 bits per heavy atom. The Kier molecular flexibility index (Phi) is 2.87. The average Bonchev–Trinajstić information content (AvgIpc) is 2.81. The van der Waals surface area contributed by atoms with Crippen LogP contribution < -0.4 is 11.1 Å². The van der Waals surface area contributed by atoms with E-state index in [1.807, 2.05) is 25.1 Å². The second kappa shape index (κ2) is 4.70. The maximum atomic E-state index is 12.3. The van der Waals surface area contributed by atoms with Gasteiger partial charge in [-0.2, -0.15) is 0 Å². The third-order valence-corrected chi connectivity index (χ3v) is 3.10. The zero-order chi connectivity index (χ0) is 14.1. The molecule has 1 amide bonds. The Labute approximate surface area is 115 Å². The number of nitrogens with two attached hydrogens (primary N) is 1. The smallest absolute Gasteiger partial charge is 0.257 e. The van der Waals surface area contributed by atoms with E-state index in [-0.39, 0.29) is 5.91 Å². The van der Waals surface area contributed by atoms with Crippen molar-refractivity contribution in [3.63, 3.8) is 0 Å². The van der Waals surface area contributed by atoms with E-state index < -0.39 is 0 Å². The number of aromatic amines is 1. The largest absolute Gasteiger partial charge is 0.399 e. The number of nitrogens with zero attached hydrogens (tertiary/aromatic N) is 1. The minimum absolute atomic E-state index is 0.161. The summed E-state index contributed by atoms with van der Waals surface area (Å²) in [5.74, 6) is -0.161. The molecule has 0 saturated carbocycles. The summed E-state index contributed by atoms with van der Waals surface area (Å²) in [6, 6.07) is 9.02. The molecule has 0 aliphatic rings. The van der Waals surface area contributed by atoms with Crippen molar-refractivity contribution in [2.45, 2.75) is 6.92 Å². The molecule has 0 aliphatic carbocycles. The highest BCUT2D eigenvalue weighted by atomic mass is 16.1. The monoisotopic (exact) mass is 266 g/mol. The lowest BCUT2D eigenvalue weighted by molar-refractivity contribution is 0.102. The first-order valence-electron chi connectivity index (χ1n) is 6.24. The van der Waals surface area contributed by atoms with Crippen LogP contribution in [0.2, 0.25) is 0 Å². The SMILES string of the molecule is Cc1cc(NC(=O)c2c[nH]c3cc(N)ccc23)ccn1. The number of hydrogen-bond donors (Lipinski definition) is 3. The molecule has 100 valence electrons. The molecule has 0 fully saturated rings. The fourth-order valence-electron chi connectivity index (χ4n) is 2.15. The molecule has 20 heavy (non-hydrogen) atoms. The van der Waals surface area contributed by atoms with E-state index in [1.165, 1.54) is 0 Å². The van der Waals surface area contributed by atoms with E-state index in [9.17, 15) is 4.79 Å². The van der Waals surface area contributed by atoms with Crippen molar-refractivity contribution in [1.82, 2.24) is 9.97 Å². The van der Waals surface area contributed by atoms with Gasteiger partial charge in [-0.25, -0.2) is 0 Å². The molecule has 0 unspecified atom stereocenters. The topological polar surface area (TPSA) is 83.8 Å². The Morgan fingerprint density at radius 2 is 2.15 bits per heavy atom. The van der Waals surface area contributed by atoms with Crippen molar-refractivity contribution in [3.05, 3.63) is 54.0 Å². The van der Waals surface area contributed by atoms with E-state index >= 15 is 0 Å². The van der Waals surface area contributed by atoms with Crippen molar-refractivity contribution in [1.29, 1.82) is 0 Å². The average molecular weight is 266 g/mol. The second-order valence-corrected chi connectivity index (χ2v) is 4.65. The molecule has 2 heterocycles. The minimum Gasteiger partial charge on any atom is -0.399 e. The van der Waals surface area contributed by atoms with Gasteiger partial charge in [-0.15, -0.1) is 0 Å². The highest BCUT2D eigenvalue weighted by molar-refractivity contribution is 6.13. The van der Waals surface area contributed by atoms with E-state index in [0.29, 0.717) is 11.3 Å². The Balaban J connectivity index is 1.93. The van der Waals surface area contributed by atoms with E-state index in [4.69, 9.17) is 5.73 Å². The first-order chi connectivity index (χ1) is 9.63. The van der Waals surface area contributed by atoms with Gasteiger partial charge in [-0.3, -0.25) is 9.78 Å². The second-order valence-electron chi connectivity index (χ2n) is 4.65. The van der Waals surface area contributed by atoms with Crippen molar-refractivity contribution >= 4 is 28.2 Å². The molecule has 0 aliphatic heterocycles. The van der Waals surface area contributed by atoms with Crippen LogP contribution in [-0.2, 0) is 0 Å². The molecule has 1 aromatic carbocycles. The third kappa shape index (κ3) is 2.21. The highest BCUT2D eigenvalue weighted by Crippen LogP contribution is 2.21. The van der Waals surface area contributed by atoms with Gasteiger partial charge in [-0.1, -0.05) is 0 Å².